The zero-order chi connectivity index (χ0) is 12.8. The van der Waals surface area contributed by atoms with Crippen LogP contribution in [0.15, 0.2) is 30.3 Å². The highest BCUT2D eigenvalue weighted by Crippen LogP contribution is 2.17. The van der Waals surface area contributed by atoms with Gasteiger partial charge in [-0.1, -0.05) is 43.7 Å². The molecule has 0 saturated carbocycles. The van der Waals surface area contributed by atoms with E-state index in [9.17, 15) is 0 Å². The van der Waals surface area contributed by atoms with E-state index in [1.807, 2.05) is 0 Å². The van der Waals surface area contributed by atoms with Gasteiger partial charge in [0.05, 0.1) is 0 Å². The number of rotatable bonds is 5. The molecule has 0 amide bonds. The standard InChI is InChI=1S/C16H26N2/c1-3-18-12-8-7-11-16(18)14-17(2)13-15-9-5-4-6-10-15/h4-6,9-10,16H,3,7-8,11-14H2,1-2H3. The Morgan fingerprint density at radius 2 is 2.00 bits per heavy atom. The lowest BCUT2D eigenvalue weighted by Crippen LogP contribution is -2.45. The van der Waals surface area contributed by atoms with Gasteiger partial charge in [-0.3, -0.25) is 4.90 Å². The molecule has 2 heteroatoms. The second-order valence-corrected chi connectivity index (χ2v) is 5.46. The third-order valence-corrected chi connectivity index (χ3v) is 3.97. The first-order valence-corrected chi connectivity index (χ1v) is 7.26. The third kappa shape index (κ3) is 3.82. The number of likely N-dealkylation sites (N-methyl/N-ethyl adjacent to an activating group) is 2. The topological polar surface area (TPSA) is 6.48 Å². The highest BCUT2D eigenvalue weighted by atomic mass is 15.2. The summed E-state index contributed by atoms with van der Waals surface area (Å²) in [6.07, 6.45) is 4.15. The Morgan fingerprint density at radius 3 is 2.72 bits per heavy atom. The fourth-order valence-electron chi connectivity index (χ4n) is 3.00. The molecule has 0 aliphatic carbocycles. The van der Waals surface area contributed by atoms with Crippen molar-refractivity contribution in [2.75, 3.05) is 26.7 Å². The van der Waals surface area contributed by atoms with Gasteiger partial charge >= 0.3 is 0 Å². The molecule has 0 bridgehead atoms. The van der Waals surface area contributed by atoms with Gasteiger partial charge in [-0.25, -0.2) is 0 Å². The number of likely N-dealkylation sites (tertiary alicyclic amines) is 1. The lowest BCUT2D eigenvalue weighted by atomic mass is 10.0. The minimum Gasteiger partial charge on any atom is -0.301 e. The first kappa shape index (κ1) is 13.6. The Hall–Kier alpha value is -0.860. The van der Waals surface area contributed by atoms with Crippen LogP contribution in [0.4, 0.5) is 0 Å². The molecule has 0 radical (unpaired) electrons. The van der Waals surface area contributed by atoms with Crippen LogP contribution in [0.5, 0.6) is 0 Å². The molecule has 1 atom stereocenters. The van der Waals surface area contributed by atoms with Gasteiger partial charge in [0.25, 0.3) is 0 Å². The van der Waals surface area contributed by atoms with E-state index in [0.29, 0.717) is 0 Å². The predicted octanol–water partition coefficient (Wildman–Crippen LogP) is 2.99. The van der Waals surface area contributed by atoms with Crippen molar-refractivity contribution in [1.82, 2.24) is 9.80 Å². The lowest BCUT2D eigenvalue weighted by molar-refractivity contribution is 0.117. The van der Waals surface area contributed by atoms with Crippen LogP contribution in [-0.4, -0.2) is 42.5 Å². The van der Waals surface area contributed by atoms with E-state index in [0.717, 1.165) is 12.6 Å². The van der Waals surface area contributed by atoms with E-state index in [1.165, 1.54) is 44.5 Å². The van der Waals surface area contributed by atoms with Crippen molar-refractivity contribution in [3.63, 3.8) is 0 Å². The van der Waals surface area contributed by atoms with Gasteiger partial charge in [0.15, 0.2) is 0 Å². The fourth-order valence-corrected chi connectivity index (χ4v) is 3.00. The van der Waals surface area contributed by atoms with Crippen LogP contribution in [0.1, 0.15) is 31.7 Å². The average molecular weight is 246 g/mol. The van der Waals surface area contributed by atoms with E-state index in [2.05, 4.69) is 54.1 Å². The van der Waals surface area contributed by atoms with Gasteiger partial charge in [-0.2, -0.15) is 0 Å². The monoisotopic (exact) mass is 246 g/mol. The molecule has 100 valence electrons. The van der Waals surface area contributed by atoms with Crippen LogP contribution in [-0.2, 0) is 6.54 Å². The summed E-state index contributed by atoms with van der Waals surface area (Å²) in [7, 11) is 2.25. The van der Waals surface area contributed by atoms with E-state index in [4.69, 9.17) is 0 Å². The normalized spacial score (nSPS) is 21.4. The zero-order valence-corrected chi connectivity index (χ0v) is 11.8. The second kappa shape index (κ2) is 6.91. The van der Waals surface area contributed by atoms with Crippen LogP contribution in [0.2, 0.25) is 0 Å². The molecule has 2 nitrogen and oxygen atoms in total. The molecule has 0 aromatic heterocycles. The molecule has 0 N–H and O–H groups in total. The summed E-state index contributed by atoms with van der Waals surface area (Å²) in [5, 5.41) is 0. The maximum atomic E-state index is 2.64. The molecule has 2 rings (SSSR count). The molecule has 0 spiro atoms. The average Bonchev–Trinajstić information content (AvgIpc) is 2.40. The van der Waals surface area contributed by atoms with Crippen molar-refractivity contribution in [2.45, 2.75) is 38.8 Å². The van der Waals surface area contributed by atoms with Crippen molar-refractivity contribution in [3.8, 4) is 0 Å². The van der Waals surface area contributed by atoms with Crippen molar-refractivity contribution in [3.05, 3.63) is 35.9 Å². The third-order valence-electron chi connectivity index (χ3n) is 3.97. The molecule has 1 unspecified atom stereocenters. The molecule has 1 aromatic carbocycles. The van der Waals surface area contributed by atoms with Crippen molar-refractivity contribution >= 4 is 0 Å². The van der Waals surface area contributed by atoms with Gasteiger partial charge < -0.3 is 4.90 Å². The van der Waals surface area contributed by atoms with Crippen LogP contribution in [0, 0.1) is 0 Å². The van der Waals surface area contributed by atoms with Crippen LogP contribution in [0.25, 0.3) is 0 Å². The first-order valence-electron chi connectivity index (χ1n) is 7.26. The van der Waals surface area contributed by atoms with E-state index in [-0.39, 0.29) is 0 Å². The fraction of sp³-hybridized carbons (Fsp3) is 0.625. The number of hydrogen-bond donors (Lipinski definition) is 0. The molecule has 1 fully saturated rings. The summed E-state index contributed by atoms with van der Waals surface area (Å²) < 4.78 is 0. The zero-order valence-electron chi connectivity index (χ0n) is 11.8. The first-order chi connectivity index (χ1) is 8.79. The van der Waals surface area contributed by atoms with Gasteiger partial charge in [0, 0.05) is 19.1 Å². The molecule has 18 heavy (non-hydrogen) atoms. The summed E-state index contributed by atoms with van der Waals surface area (Å²) >= 11 is 0. The summed E-state index contributed by atoms with van der Waals surface area (Å²) in [5.41, 5.74) is 1.42. The van der Waals surface area contributed by atoms with Crippen LogP contribution >= 0.6 is 0 Å². The van der Waals surface area contributed by atoms with E-state index < -0.39 is 0 Å². The highest BCUT2D eigenvalue weighted by Gasteiger charge is 2.21. The Bertz CT molecular complexity index is 336. The Kier molecular flexibility index (Phi) is 5.21. The van der Waals surface area contributed by atoms with Gasteiger partial charge in [0.2, 0.25) is 0 Å². The number of hydrogen-bond acceptors (Lipinski definition) is 2. The van der Waals surface area contributed by atoms with Crippen LogP contribution < -0.4 is 0 Å². The second-order valence-electron chi connectivity index (χ2n) is 5.46. The molecule has 1 aliphatic rings. The summed E-state index contributed by atoms with van der Waals surface area (Å²) in [6, 6.07) is 11.5. The molecular weight excluding hydrogens is 220 g/mol. The molecule has 1 saturated heterocycles. The van der Waals surface area contributed by atoms with Crippen molar-refractivity contribution < 1.29 is 0 Å². The highest BCUT2D eigenvalue weighted by molar-refractivity contribution is 5.14. The molecule has 1 aliphatic heterocycles. The van der Waals surface area contributed by atoms with Crippen LogP contribution in [0.3, 0.4) is 0 Å². The SMILES string of the molecule is CCN1CCCCC1CN(C)Cc1ccccc1. The van der Waals surface area contributed by atoms with Gasteiger partial charge in [-0.05, 0) is 38.5 Å². The molecule has 1 aromatic rings. The summed E-state index contributed by atoms with van der Waals surface area (Å²) in [4.78, 5) is 5.11. The smallest absolute Gasteiger partial charge is 0.0231 e. The largest absolute Gasteiger partial charge is 0.301 e. The Morgan fingerprint density at radius 1 is 1.22 bits per heavy atom. The van der Waals surface area contributed by atoms with Gasteiger partial charge in [0.1, 0.15) is 0 Å². The van der Waals surface area contributed by atoms with E-state index >= 15 is 0 Å². The maximum Gasteiger partial charge on any atom is 0.0231 e. The number of benzene rings is 1. The molecule has 1 heterocycles. The Labute approximate surface area is 112 Å². The predicted molar refractivity (Wildman–Crippen MR) is 77.7 cm³/mol. The van der Waals surface area contributed by atoms with E-state index in [1.54, 1.807) is 0 Å². The van der Waals surface area contributed by atoms with Gasteiger partial charge in [-0.15, -0.1) is 0 Å². The van der Waals surface area contributed by atoms with Crippen molar-refractivity contribution in [2.24, 2.45) is 0 Å². The maximum absolute atomic E-state index is 2.64. The number of piperidine rings is 1. The van der Waals surface area contributed by atoms with Crippen molar-refractivity contribution in [1.29, 1.82) is 0 Å². The Balaban J connectivity index is 1.84. The molecular formula is C16H26N2. The number of nitrogens with zero attached hydrogens (tertiary/aromatic N) is 2. The summed E-state index contributed by atoms with van der Waals surface area (Å²) in [6.45, 7) is 7.04. The minimum absolute atomic E-state index is 0.762. The quantitative estimate of drug-likeness (QED) is 0.788. The lowest BCUT2D eigenvalue weighted by Gasteiger charge is -2.37. The minimum atomic E-state index is 0.762. The summed E-state index contributed by atoms with van der Waals surface area (Å²) in [5.74, 6) is 0.